The third kappa shape index (κ3) is 3.82. The molecular formula is C21H29N5OS. The van der Waals surface area contributed by atoms with E-state index in [2.05, 4.69) is 30.7 Å². The summed E-state index contributed by atoms with van der Waals surface area (Å²) < 4.78 is 0. The van der Waals surface area contributed by atoms with Crippen LogP contribution in [0.2, 0.25) is 0 Å². The van der Waals surface area contributed by atoms with Gasteiger partial charge in [0, 0.05) is 41.8 Å². The Kier molecular flexibility index (Phi) is 5.73. The fraction of sp³-hybridized carbons (Fsp3) is 0.619. The normalized spacial score (nSPS) is 20.5. The molecule has 4 rings (SSSR count). The number of anilines is 1. The fourth-order valence-electron chi connectivity index (χ4n) is 4.36. The molecule has 0 aliphatic carbocycles. The smallest absolute Gasteiger partial charge is 0.228 e. The van der Waals surface area contributed by atoms with E-state index < -0.39 is 0 Å². The fourth-order valence-corrected chi connectivity index (χ4v) is 5.18. The zero-order valence-corrected chi connectivity index (χ0v) is 17.9. The number of carbonyl (C=O) groups is 1. The van der Waals surface area contributed by atoms with Gasteiger partial charge in [0.05, 0.1) is 11.0 Å². The van der Waals surface area contributed by atoms with Gasteiger partial charge in [-0.25, -0.2) is 15.0 Å². The van der Waals surface area contributed by atoms with Crippen LogP contribution in [0.5, 0.6) is 0 Å². The second kappa shape index (κ2) is 8.25. The van der Waals surface area contributed by atoms with Crippen molar-refractivity contribution >= 4 is 23.1 Å². The Hall–Kier alpha value is -1.86. The number of rotatable bonds is 5. The van der Waals surface area contributed by atoms with Crippen LogP contribution in [0.3, 0.4) is 0 Å². The number of piperidine rings is 1. The largest absolute Gasteiger partial charge is 0.296 e. The van der Waals surface area contributed by atoms with Crippen LogP contribution in [-0.4, -0.2) is 38.8 Å². The number of aryl methyl sites for hydroxylation is 2. The number of hydrogen-bond donors (Lipinski definition) is 0. The summed E-state index contributed by atoms with van der Waals surface area (Å²) in [6, 6.07) is 0.209. The lowest BCUT2D eigenvalue weighted by atomic mass is 9.99. The molecule has 2 aliphatic rings. The standard InChI is InChI=1S/C21H29N5OS/c1-4-10-26-19(27)9-8-17-14(2)23-20(24-21(17)26)18-7-5-6-11-25(18)13-16-12-22-15(3)28-16/h12,18H,4-11,13H2,1-3H3/t18-/m1/s1. The number of likely N-dealkylation sites (tertiary alicyclic amines) is 1. The summed E-state index contributed by atoms with van der Waals surface area (Å²) in [7, 11) is 0. The molecule has 0 aromatic carbocycles. The molecule has 0 unspecified atom stereocenters. The SMILES string of the molecule is CCCN1C(=O)CCc2c(C)nc([C@H]3CCCCN3Cc3cnc(C)s3)nc21. The molecule has 0 spiro atoms. The Labute approximate surface area is 171 Å². The van der Waals surface area contributed by atoms with Crippen LogP contribution in [-0.2, 0) is 17.8 Å². The molecule has 1 fully saturated rings. The highest BCUT2D eigenvalue weighted by molar-refractivity contribution is 7.11. The van der Waals surface area contributed by atoms with Gasteiger partial charge in [-0.2, -0.15) is 0 Å². The predicted octanol–water partition coefficient (Wildman–Crippen LogP) is 3.97. The van der Waals surface area contributed by atoms with Crippen LogP contribution in [0.1, 0.15) is 72.0 Å². The molecule has 28 heavy (non-hydrogen) atoms. The summed E-state index contributed by atoms with van der Waals surface area (Å²) in [5.74, 6) is 1.94. The van der Waals surface area contributed by atoms with E-state index in [1.165, 1.54) is 17.7 Å². The number of carbonyl (C=O) groups excluding carboxylic acids is 1. The molecule has 2 aromatic heterocycles. The second-order valence-corrected chi connectivity index (χ2v) is 9.16. The monoisotopic (exact) mass is 399 g/mol. The van der Waals surface area contributed by atoms with Crippen LogP contribution in [0.25, 0.3) is 0 Å². The highest BCUT2D eigenvalue weighted by Gasteiger charge is 2.32. The summed E-state index contributed by atoms with van der Waals surface area (Å²) in [6.07, 6.45) is 7.72. The highest BCUT2D eigenvalue weighted by atomic mass is 32.1. The van der Waals surface area contributed by atoms with Crippen molar-refractivity contribution in [2.45, 2.75) is 71.9 Å². The molecule has 7 heteroatoms. The van der Waals surface area contributed by atoms with Crippen molar-refractivity contribution in [3.8, 4) is 0 Å². The van der Waals surface area contributed by atoms with E-state index in [4.69, 9.17) is 9.97 Å². The van der Waals surface area contributed by atoms with Gasteiger partial charge in [-0.1, -0.05) is 13.3 Å². The lowest BCUT2D eigenvalue weighted by Crippen LogP contribution is -2.39. The van der Waals surface area contributed by atoms with E-state index in [0.717, 1.165) is 66.8 Å². The van der Waals surface area contributed by atoms with Crippen LogP contribution >= 0.6 is 11.3 Å². The quantitative estimate of drug-likeness (QED) is 0.761. The molecule has 0 radical (unpaired) electrons. The number of hydrogen-bond acceptors (Lipinski definition) is 6. The van der Waals surface area contributed by atoms with Crippen LogP contribution in [0.15, 0.2) is 6.20 Å². The van der Waals surface area contributed by atoms with Crippen molar-refractivity contribution in [2.24, 2.45) is 0 Å². The zero-order valence-electron chi connectivity index (χ0n) is 17.1. The average Bonchev–Trinajstić information content (AvgIpc) is 3.09. The molecule has 1 amide bonds. The van der Waals surface area contributed by atoms with Gasteiger partial charge in [0.2, 0.25) is 5.91 Å². The molecule has 0 saturated carbocycles. The molecule has 2 aromatic rings. The average molecular weight is 400 g/mol. The van der Waals surface area contributed by atoms with E-state index >= 15 is 0 Å². The molecule has 2 aliphatic heterocycles. The number of thiazole rings is 1. The minimum absolute atomic E-state index is 0.194. The van der Waals surface area contributed by atoms with Crippen LogP contribution in [0, 0.1) is 13.8 Å². The number of amides is 1. The van der Waals surface area contributed by atoms with Crippen molar-refractivity contribution in [1.82, 2.24) is 19.9 Å². The Morgan fingerprint density at radius 1 is 1.21 bits per heavy atom. The van der Waals surface area contributed by atoms with Gasteiger partial charge >= 0.3 is 0 Å². The van der Waals surface area contributed by atoms with Gasteiger partial charge in [0.15, 0.2) is 0 Å². The lowest BCUT2D eigenvalue weighted by molar-refractivity contribution is -0.119. The zero-order chi connectivity index (χ0) is 19.7. The van der Waals surface area contributed by atoms with Gasteiger partial charge in [-0.05, 0) is 46.1 Å². The van der Waals surface area contributed by atoms with Crippen LogP contribution < -0.4 is 4.90 Å². The van der Waals surface area contributed by atoms with E-state index in [9.17, 15) is 4.79 Å². The van der Waals surface area contributed by atoms with Crippen molar-refractivity contribution in [2.75, 3.05) is 18.0 Å². The summed E-state index contributed by atoms with van der Waals surface area (Å²) in [4.78, 5) is 32.5. The highest BCUT2D eigenvalue weighted by Crippen LogP contribution is 2.35. The first-order valence-corrected chi connectivity index (χ1v) is 11.2. The van der Waals surface area contributed by atoms with Gasteiger partial charge < -0.3 is 0 Å². The summed E-state index contributed by atoms with van der Waals surface area (Å²) >= 11 is 1.77. The summed E-state index contributed by atoms with van der Waals surface area (Å²) in [6.45, 7) is 8.92. The van der Waals surface area contributed by atoms with Crippen molar-refractivity contribution in [3.05, 3.63) is 33.2 Å². The second-order valence-electron chi connectivity index (χ2n) is 7.84. The maximum Gasteiger partial charge on any atom is 0.228 e. The predicted molar refractivity (Wildman–Crippen MR) is 112 cm³/mol. The summed E-state index contributed by atoms with van der Waals surface area (Å²) in [5, 5.41) is 1.11. The molecule has 0 N–H and O–H groups in total. The van der Waals surface area contributed by atoms with E-state index in [1.807, 2.05) is 11.1 Å². The lowest BCUT2D eigenvalue weighted by Gasteiger charge is -2.36. The van der Waals surface area contributed by atoms with Crippen molar-refractivity contribution in [3.63, 3.8) is 0 Å². The topological polar surface area (TPSA) is 62.2 Å². The Bertz CT molecular complexity index is 864. The van der Waals surface area contributed by atoms with Crippen molar-refractivity contribution < 1.29 is 4.79 Å². The van der Waals surface area contributed by atoms with Gasteiger partial charge in [0.25, 0.3) is 0 Å². The maximum atomic E-state index is 12.5. The van der Waals surface area contributed by atoms with Gasteiger partial charge in [-0.3, -0.25) is 14.6 Å². The minimum atomic E-state index is 0.194. The van der Waals surface area contributed by atoms with E-state index in [1.54, 1.807) is 11.3 Å². The molecule has 1 saturated heterocycles. The minimum Gasteiger partial charge on any atom is -0.296 e. The first-order valence-electron chi connectivity index (χ1n) is 10.4. The Balaban J connectivity index is 1.67. The molecular weight excluding hydrogens is 370 g/mol. The number of nitrogens with zero attached hydrogens (tertiary/aromatic N) is 5. The molecule has 6 nitrogen and oxygen atoms in total. The molecule has 0 bridgehead atoms. The maximum absolute atomic E-state index is 12.5. The third-order valence-corrected chi connectivity index (χ3v) is 6.64. The van der Waals surface area contributed by atoms with Crippen LogP contribution in [0.4, 0.5) is 5.82 Å². The van der Waals surface area contributed by atoms with E-state index in [-0.39, 0.29) is 11.9 Å². The molecule has 4 heterocycles. The molecule has 150 valence electrons. The first-order chi connectivity index (χ1) is 13.6. The van der Waals surface area contributed by atoms with Crippen molar-refractivity contribution in [1.29, 1.82) is 0 Å². The number of fused-ring (bicyclic) bond motifs is 1. The Morgan fingerprint density at radius 3 is 2.82 bits per heavy atom. The summed E-state index contributed by atoms with van der Waals surface area (Å²) in [5.41, 5.74) is 2.19. The number of aromatic nitrogens is 3. The molecule has 1 atom stereocenters. The van der Waals surface area contributed by atoms with Gasteiger partial charge in [-0.15, -0.1) is 11.3 Å². The third-order valence-electron chi connectivity index (χ3n) is 5.74. The van der Waals surface area contributed by atoms with Gasteiger partial charge in [0.1, 0.15) is 11.6 Å². The van der Waals surface area contributed by atoms with E-state index in [0.29, 0.717) is 6.42 Å². The first kappa shape index (κ1) is 19.5. The Morgan fingerprint density at radius 2 is 2.07 bits per heavy atom.